The number of rotatable bonds is 3. The van der Waals surface area contributed by atoms with Crippen molar-refractivity contribution in [3.8, 4) is 5.75 Å². The zero-order valence-electron chi connectivity index (χ0n) is 10.1. The van der Waals surface area contributed by atoms with Gasteiger partial charge in [0, 0.05) is 12.1 Å². The minimum Gasteiger partial charge on any atom is -0.506 e. The second-order valence-corrected chi connectivity index (χ2v) is 6.29. The summed E-state index contributed by atoms with van der Waals surface area (Å²) in [5.41, 5.74) is 6.88. The lowest BCUT2D eigenvalue weighted by Crippen LogP contribution is -2.14. The molecule has 0 aliphatic heterocycles. The predicted octanol–water partition coefficient (Wildman–Crippen LogP) is 1.16. The number of nitrogens with two attached hydrogens (primary N) is 2. The SMILES string of the molecule is NCc1cc(C2CCCC2)cc(S(N)(=O)=O)c1O. The summed E-state index contributed by atoms with van der Waals surface area (Å²) >= 11 is 0. The maximum absolute atomic E-state index is 11.5. The molecule has 2 rings (SSSR count). The van der Waals surface area contributed by atoms with Crippen molar-refractivity contribution in [2.45, 2.75) is 43.0 Å². The molecule has 0 saturated heterocycles. The van der Waals surface area contributed by atoms with Crippen LogP contribution in [0.2, 0.25) is 0 Å². The summed E-state index contributed by atoms with van der Waals surface area (Å²) in [5, 5.41) is 15.0. The highest BCUT2D eigenvalue weighted by Crippen LogP contribution is 2.38. The highest BCUT2D eigenvalue weighted by molar-refractivity contribution is 7.89. The molecule has 1 fully saturated rings. The number of aromatic hydroxyl groups is 1. The Morgan fingerprint density at radius 2 is 1.89 bits per heavy atom. The maximum Gasteiger partial charge on any atom is 0.241 e. The average molecular weight is 270 g/mol. The van der Waals surface area contributed by atoms with E-state index in [0.717, 1.165) is 31.2 Å². The summed E-state index contributed by atoms with van der Waals surface area (Å²) in [6.45, 7) is 0.0922. The van der Waals surface area contributed by atoms with E-state index in [2.05, 4.69) is 0 Å². The molecule has 0 aromatic heterocycles. The third-order valence-electron chi connectivity index (χ3n) is 3.53. The van der Waals surface area contributed by atoms with Crippen molar-refractivity contribution in [1.29, 1.82) is 0 Å². The van der Waals surface area contributed by atoms with Gasteiger partial charge in [0.25, 0.3) is 0 Å². The molecule has 0 spiro atoms. The first-order valence-electron chi connectivity index (χ1n) is 6.02. The van der Waals surface area contributed by atoms with E-state index in [4.69, 9.17) is 10.9 Å². The van der Waals surface area contributed by atoms with E-state index < -0.39 is 10.0 Å². The van der Waals surface area contributed by atoms with Crippen LogP contribution in [0.1, 0.15) is 42.7 Å². The predicted molar refractivity (Wildman–Crippen MR) is 68.6 cm³/mol. The van der Waals surface area contributed by atoms with Gasteiger partial charge in [0.2, 0.25) is 10.0 Å². The van der Waals surface area contributed by atoms with Crippen molar-refractivity contribution in [3.63, 3.8) is 0 Å². The van der Waals surface area contributed by atoms with Gasteiger partial charge >= 0.3 is 0 Å². The van der Waals surface area contributed by atoms with E-state index >= 15 is 0 Å². The third kappa shape index (κ3) is 2.50. The molecule has 0 radical (unpaired) electrons. The van der Waals surface area contributed by atoms with Crippen LogP contribution in [0.3, 0.4) is 0 Å². The summed E-state index contributed by atoms with van der Waals surface area (Å²) in [5.74, 6) is 0.0261. The number of phenolic OH excluding ortho intramolecular Hbond substituents is 1. The monoisotopic (exact) mass is 270 g/mol. The first-order valence-corrected chi connectivity index (χ1v) is 7.56. The van der Waals surface area contributed by atoms with Gasteiger partial charge in [-0.15, -0.1) is 0 Å². The van der Waals surface area contributed by atoms with E-state index in [9.17, 15) is 13.5 Å². The Morgan fingerprint density at radius 3 is 2.39 bits per heavy atom. The molecule has 0 amide bonds. The summed E-state index contributed by atoms with van der Waals surface area (Å²) < 4.78 is 22.9. The summed E-state index contributed by atoms with van der Waals surface area (Å²) in [6.07, 6.45) is 4.38. The van der Waals surface area contributed by atoms with E-state index in [1.54, 1.807) is 6.07 Å². The molecule has 0 heterocycles. The van der Waals surface area contributed by atoms with Crippen molar-refractivity contribution in [2.75, 3.05) is 0 Å². The Kier molecular flexibility index (Phi) is 3.61. The normalized spacial score (nSPS) is 17.2. The molecule has 0 unspecified atom stereocenters. The fraction of sp³-hybridized carbons (Fsp3) is 0.500. The smallest absolute Gasteiger partial charge is 0.241 e. The zero-order chi connectivity index (χ0) is 13.3. The molecular formula is C12H18N2O3S. The lowest BCUT2D eigenvalue weighted by molar-refractivity contribution is 0.451. The second-order valence-electron chi connectivity index (χ2n) is 4.76. The van der Waals surface area contributed by atoms with E-state index in [1.807, 2.05) is 0 Å². The fourth-order valence-electron chi connectivity index (χ4n) is 2.56. The van der Waals surface area contributed by atoms with Crippen LogP contribution in [0.4, 0.5) is 0 Å². The molecule has 1 saturated carbocycles. The molecule has 1 aliphatic carbocycles. The van der Waals surface area contributed by atoms with Crippen LogP contribution >= 0.6 is 0 Å². The van der Waals surface area contributed by atoms with Gasteiger partial charge in [-0.25, -0.2) is 13.6 Å². The molecule has 1 aromatic rings. The molecule has 0 bridgehead atoms. The van der Waals surface area contributed by atoms with Crippen LogP contribution in [-0.4, -0.2) is 13.5 Å². The van der Waals surface area contributed by atoms with Gasteiger partial charge in [0.15, 0.2) is 0 Å². The quantitative estimate of drug-likeness (QED) is 0.766. The third-order valence-corrected chi connectivity index (χ3v) is 4.45. The van der Waals surface area contributed by atoms with Crippen molar-refractivity contribution in [1.82, 2.24) is 0 Å². The zero-order valence-corrected chi connectivity index (χ0v) is 10.9. The fourth-order valence-corrected chi connectivity index (χ4v) is 3.26. The number of hydrogen-bond acceptors (Lipinski definition) is 4. The Hall–Kier alpha value is -1.11. The van der Waals surface area contributed by atoms with Crippen molar-refractivity contribution in [2.24, 2.45) is 10.9 Å². The van der Waals surface area contributed by atoms with Crippen molar-refractivity contribution >= 4 is 10.0 Å². The van der Waals surface area contributed by atoms with Gasteiger partial charge in [0.05, 0.1) is 0 Å². The van der Waals surface area contributed by atoms with Gasteiger partial charge in [-0.2, -0.15) is 0 Å². The topological polar surface area (TPSA) is 106 Å². The van der Waals surface area contributed by atoms with Crippen molar-refractivity contribution < 1.29 is 13.5 Å². The van der Waals surface area contributed by atoms with Crippen LogP contribution in [-0.2, 0) is 16.6 Å². The van der Waals surface area contributed by atoms with Crippen LogP contribution in [0.5, 0.6) is 5.75 Å². The lowest BCUT2D eigenvalue weighted by Gasteiger charge is -2.15. The summed E-state index contributed by atoms with van der Waals surface area (Å²) in [6, 6.07) is 3.28. The number of hydrogen-bond donors (Lipinski definition) is 3. The Labute approximate surface area is 107 Å². The maximum atomic E-state index is 11.5. The molecule has 5 nitrogen and oxygen atoms in total. The minimum absolute atomic E-state index is 0.0922. The molecule has 18 heavy (non-hydrogen) atoms. The number of benzene rings is 1. The Balaban J connectivity index is 2.55. The molecule has 5 N–H and O–H groups in total. The van der Waals surface area contributed by atoms with Gasteiger partial charge in [-0.05, 0) is 30.4 Å². The minimum atomic E-state index is -3.92. The Morgan fingerprint density at radius 1 is 1.28 bits per heavy atom. The molecule has 0 atom stereocenters. The molecular weight excluding hydrogens is 252 g/mol. The highest BCUT2D eigenvalue weighted by atomic mass is 32.2. The number of sulfonamides is 1. The molecule has 100 valence electrons. The lowest BCUT2D eigenvalue weighted by atomic mass is 9.95. The van der Waals surface area contributed by atoms with E-state index in [1.165, 1.54) is 6.07 Å². The number of phenols is 1. The summed E-state index contributed by atoms with van der Waals surface area (Å²) in [7, 11) is -3.92. The van der Waals surface area contributed by atoms with E-state index in [0.29, 0.717) is 11.5 Å². The first-order chi connectivity index (χ1) is 8.43. The standard InChI is InChI=1S/C12H18N2O3S/c13-7-10-5-9(8-3-1-2-4-8)6-11(12(10)15)18(14,16)17/h5-6,8,15H,1-4,7,13H2,(H2,14,16,17). The van der Waals surface area contributed by atoms with Crippen LogP contribution in [0.25, 0.3) is 0 Å². The van der Waals surface area contributed by atoms with E-state index in [-0.39, 0.29) is 17.2 Å². The van der Waals surface area contributed by atoms with Gasteiger partial charge in [-0.1, -0.05) is 18.9 Å². The van der Waals surface area contributed by atoms with Crippen LogP contribution in [0.15, 0.2) is 17.0 Å². The highest BCUT2D eigenvalue weighted by Gasteiger charge is 2.23. The Bertz CT molecular complexity index is 549. The molecule has 1 aromatic carbocycles. The first kappa shape index (κ1) is 13.3. The largest absolute Gasteiger partial charge is 0.506 e. The van der Waals surface area contributed by atoms with Crippen LogP contribution in [0, 0.1) is 0 Å². The van der Waals surface area contributed by atoms with Crippen LogP contribution < -0.4 is 10.9 Å². The van der Waals surface area contributed by atoms with Gasteiger partial charge in [0.1, 0.15) is 10.6 Å². The molecule has 6 heteroatoms. The van der Waals surface area contributed by atoms with Crippen molar-refractivity contribution in [3.05, 3.63) is 23.3 Å². The van der Waals surface area contributed by atoms with Gasteiger partial charge in [-0.3, -0.25) is 0 Å². The summed E-state index contributed by atoms with van der Waals surface area (Å²) in [4.78, 5) is -0.215. The second kappa shape index (κ2) is 4.87. The average Bonchev–Trinajstić information content (AvgIpc) is 2.81. The van der Waals surface area contributed by atoms with Gasteiger partial charge < -0.3 is 10.8 Å². The molecule has 1 aliphatic rings. The number of primary sulfonamides is 1.